The third-order valence-corrected chi connectivity index (χ3v) is 8.79. The molecule has 0 bridgehead atoms. The molecular formula is C21H18N2Si. The number of hydrogen-bond donors (Lipinski definition) is 0. The molecule has 0 aliphatic carbocycles. The van der Waals surface area contributed by atoms with Gasteiger partial charge < -0.3 is 0 Å². The van der Waals surface area contributed by atoms with Crippen LogP contribution in [-0.4, -0.2) is 13.1 Å². The van der Waals surface area contributed by atoms with Crippen molar-refractivity contribution in [1.29, 1.82) is 0 Å². The lowest BCUT2D eigenvalue weighted by Crippen LogP contribution is -2.51. The highest BCUT2D eigenvalue weighted by Gasteiger charge is 2.40. The second-order valence-electron chi connectivity index (χ2n) is 6.81. The van der Waals surface area contributed by atoms with Gasteiger partial charge in [0.05, 0.1) is 12.3 Å². The molecule has 0 atom stereocenters. The fourth-order valence-corrected chi connectivity index (χ4v) is 8.15. The second-order valence-corrected chi connectivity index (χ2v) is 11.1. The van der Waals surface area contributed by atoms with E-state index in [0.29, 0.717) is 0 Å². The van der Waals surface area contributed by atoms with Crippen LogP contribution in [-0.2, 0) is 0 Å². The van der Waals surface area contributed by atoms with Gasteiger partial charge in [-0.1, -0.05) is 54.7 Å². The number of aromatic nitrogens is 1. The molecule has 3 aromatic rings. The highest BCUT2D eigenvalue weighted by atomic mass is 28.3. The van der Waals surface area contributed by atoms with E-state index < -0.39 is 8.07 Å². The number of nitrogens with zero attached hydrogens (tertiary/aromatic N) is 2. The molecule has 3 heteroatoms. The predicted molar refractivity (Wildman–Crippen MR) is 103 cm³/mol. The largest absolute Gasteiger partial charge is 0.256 e. The summed E-state index contributed by atoms with van der Waals surface area (Å²) in [5.41, 5.74) is 6.84. The van der Waals surface area contributed by atoms with Gasteiger partial charge in [-0.3, -0.25) is 4.98 Å². The Balaban J connectivity index is 2.07. The number of benzene rings is 2. The molecule has 4 rings (SSSR count). The van der Waals surface area contributed by atoms with E-state index in [1.807, 2.05) is 24.4 Å². The van der Waals surface area contributed by atoms with E-state index in [1.54, 1.807) is 0 Å². The first-order valence-electron chi connectivity index (χ1n) is 8.12. The Morgan fingerprint density at radius 3 is 2.33 bits per heavy atom. The van der Waals surface area contributed by atoms with Crippen molar-refractivity contribution in [2.75, 3.05) is 0 Å². The molecule has 2 nitrogen and oxygen atoms in total. The quantitative estimate of drug-likeness (QED) is 0.478. The van der Waals surface area contributed by atoms with Crippen LogP contribution in [0.1, 0.15) is 5.56 Å². The van der Waals surface area contributed by atoms with Crippen molar-refractivity contribution < 1.29 is 0 Å². The Kier molecular flexibility index (Phi) is 3.19. The number of hydrogen-bond acceptors (Lipinski definition) is 1. The maximum absolute atomic E-state index is 7.44. The molecule has 0 unspecified atom stereocenters. The van der Waals surface area contributed by atoms with Gasteiger partial charge in [0.1, 0.15) is 8.07 Å². The van der Waals surface area contributed by atoms with Crippen LogP contribution in [0, 0.1) is 13.5 Å². The zero-order valence-electron chi connectivity index (χ0n) is 14.1. The van der Waals surface area contributed by atoms with E-state index in [-0.39, 0.29) is 0 Å². The number of pyridine rings is 1. The van der Waals surface area contributed by atoms with E-state index in [2.05, 4.69) is 60.2 Å². The summed E-state index contributed by atoms with van der Waals surface area (Å²) in [5, 5.41) is 2.86. The average Bonchev–Trinajstić information content (AvgIpc) is 2.84. The van der Waals surface area contributed by atoms with Crippen molar-refractivity contribution in [2.45, 2.75) is 20.0 Å². The predicted octanol–water partition coefficient (Wildman–Crippen LogP) is 4.41. The van der Waals surface area contributed by atoms with Crippen LogP contribution in [0.5, 0.6) is 0 Å². The molecule has 0 fully saturated rings. The van der Waals surface area contributed by atoms with Crippen LogP contribution in [0.3, 0.4) is 0 Å². The van der Waals surface area contributed by atoms with Gasteiger partial charge in [-0.25, -0.2) is 4.85 Å². The summed E-state index contributed by atoms with van der Waals surface area (Å²) < 4.78 is 0. The Morgan fingerprint density at radius 1 is 0.875 bits per heavy atom. The highest BCUT2D eigenvalue weighted by Crippen LogP contribution is 2.36. The zero-order chi connectivity index (χ0) is 16.9. The molecule has 116 valence electrons. The second kappa shape index (κ2) is 5.15. The molecule has 0 saturated heterocycles. The van der Waals surface area contributed by atoms with Crippen molar-refractivity contribution in [2.24, 2.45) is 0 Å². The van der Waals surface area contributed by atoms with Crippen LogP contribution in [0.2, 0.25) is 13.1 Å². The summed E-state index contributed by atoms with van der Waals surface area (Å²) in [6, 6.07) is 16.7. The summed E-state index contributed by atoms with van der Waals surface area (Å²) >= 11 is 0. The van der Waals surface area contributed by atoms with E-state index in [9.17, 15) is 0 Å². The summed E-state index contributed by atoms with van der Waals surface area (Å²) in [6.45, 7) is 14.3. The van der Waals surface area contributed by atoms with Gasteiger partial charge in [-0.2, -0.15) is 0 Å². The van der Waals surface area contributed by atoms with Crippen LogP contribution in [0.15, 0.2) is 54.7 Å². The number of fused-ring (bicyclic) bond motifs is 3. The van der Waals surface area contributed by atoms with Crippen LogP contribution < -0.4 is 10.4 Å². The third-order valence-electron chi connectivity index (χ3n) is 5.10. The Hall–Kier alpha value is -2.70. The van der Waals surface area contributed by atoms with Gasteiger partial charge in [-0.15, -0.1) is 0 Å². The van der Waals surface area contributed by atoms with Gasteiger partial charge >= 0.3 is 0 Å². The maximum Gasteiger partial charge on any atom is 0.190 e. The average molecular weight is 326 g/mol. The maximum atomic E-state index is 7.44. The number of rotatable bonds is 1. The minimum absolute atomic E-state index is 0.779. The first-order chi connectivity index (χ1) is 11.6. The van der Waals surface area contributed by atoms with E-state index in [4.69, 9.17) is 6.57 Å². The highest BCUT2D eigenvalue weighted by molar-refractivity contribution is 7.04. The van der Waals surface area contributed by atoms with Crippen molar-refractivity contribution in [3.05, 3.63) is 71.7 Å². The van der Waals surface area contributed by atoms with Gasteiger partial charge in [-0.05, 0) is 40.9 Å². The summed E-state index contributed by atoms with van der Waals surface area (Å²) in [5.74, 6) is 0. The molecule has 0 N–H and O–H groups in total. The SMILES string of the molecule is [C-]#[N+]c1ccc2c(c1C)[Si](C)(C)c1c(-c3ccccn3)cccc1-2. The van der Waals surface area contributed by atoms with Crippen molar-refractivity contribution in [3.63, 3.8) is 0 Å². The van der Waals surface area contributed by atoms with Crippen LogP contribution in [0.25, 0.3) is 27.2 Å². The fraction of sp³-hybridized carbons (Fsp3) is 0.143. The normalized spacial score (nSPS) is 13.9. The molecular weight excluding hydrogens is 308 g/mol. The minimum Gasteiger partial charge on any atom is -0.256 e. The summed E-state index contributed by atoms with van der Waals surface area (Å²) in [7, 11) is -1.88. The van der Waals surface area contributed by atoms with Gasteiger partial charge in [0, 0.05) is 11.8 Å². The lowest BCUT2D eigenvalue weighted by atomic mass is 9.99. The van der Waals surface area contributed by atoms with Crippen LogP contribution >= 0.6 is 0 Å². The first-order valence-corrected chi connectivity index (χ1v) is 11.1. The summed E-state index contributed by atoms with van der Waals surface area (Å²) in [4.78, 5) is 8.30. The Bertz CT molecular complexity index is 998. The topological polar surface area (TPSA) is 17.2 Å². The molecule has 0 amide bonds. The molecule has 1 aromatic heterocycles. The van der Waals surface area contributed by atoms with Gasteiger partial charge in [0.2, 0.25) is 0 Å². The molecule has 1 aliphatic heterocycles. The minimum atomic E-state index is -1.88. The first kappa shape index (κ1) is 14.9. The van der Waals surface area contributed by atoms with E-state index in [1.165, 1.54) is 27.1 Å². The molecule has 2 heterocycles. The molecule has 24 heavy (non-hydrogen) atoms. The standard InChI is InChI=1S/C21H18N2Si/c1-14-18(22-2)12-11-16-15-8-7-9-17(19-10-5-6-13-23-19)21(15)24(3,4)20(14)16/h5-13H,1,3-4H3. The van der Waals surface area contributed by atoms with Crippen LogP contribution in [0.4, 0.5) is 5.69 Å². The van der Waals surface area contributed by atoms with Crippen molar-refractivity contribution >= 4 is 24.1 Å². The molecule has 2 aromatic carbocycles. The smallest absolute Gasteiger partial charge is 0.190 e. The molecule has 0 radical (unpaired) electrons. The third kappa shape index (κ3) is 1.90. The van der Waals surface area contributed by atoms with E-state index in [0.717, 1.165) is 16.9 Å². The molecule has 1 aliphatic rings. The van der Waals surface area contributed by atoms with Crippen molar-refractivity contribution in [3.8, 4) is 22.4 Å². The van der Waals surface area contributed by atoms with Gasteiger partial charge in [0.15, 0.2) is 5.69 Å². The Morgan fingerprint density at radius 2 is 1.62 bits per heavy atom. The lowest BCUT2D eigenvalue weighted by molar-refractivity contribution is 1.33. The molecule has 0 saturated carbocycles. The lowest BCUT2D eigenvalue weighted by Gasteiger charge is -2.23. The molecule has 0 spiro atoms. The Labute approximate surface area is 143 Å². The van der Waals surface area contributed by atoms with E-state index >= 15 is 0 Å². The summed E-state index contributed by atoms with van der Waals surface area (Å²) in [6.07, 6.45) is 1.85. The fourth-order valence-electron chi connectivity index (χ4n) is 4.16. The zero-order valence-corrected chi connectivity index (χ0v) is 15.1. The monoisotopic (exact) mass is 326 g/mol. The van der Waals surface area contributed by atoms with Gasteiger partial charge in [0.25, 0.3) is 0 Å². The van der Waals surface area contributed by atoms with Crippen molar-refractivity contribution in [1.82, 2.24) is 4.98 Å².